The van der Waals surface area contributed by atoms with Crippen LogP contribution in [0, 0.1) is 5.41 Å². The van der Waals surface area contributed by atoms with Gasteiger partial charge in [-0.15, -0.1) is 0 Å². The Morgan fingerprint density at radius 2 is 1.25 bits per heavy atom. The summed E-state index contributed by atoms with van der Waals surface area (Å²) in [6.07, 6.45) is -21.8. The van der Waals surface area contributed by atoms with E-state index in [1.807, 2.05) is 13.8 Å². The summed E-state index contributed by atoms with van der Waals surface area (Å²) in [6.45, 7) is 1.39. The van der Waals surface area contributed by atoms with Gasteiger partial charge in [-0.3, -0.25) is 9.59 Å². The molecule has 0 saturated carbocycles. The maximum atomic E-state index is 12.6. The molecule has 0 spiro atoms. The van der Waals surface area contributed by atoms with Gasteiger partial charge in [-0.05, 0) is 24.1 Å². The van der Waals surface area contributed by atoms with Crippen LogP contribution in [0.25, 0.3) is 0 Å². The molecule has 4 fully saturated rings. The first-order chi connectivity index (χ1) is 26.6. The van der Waals surface area contributed by atoms with Crippen molar-refractivity contribution in [3.8, 4) is 5.75 Å². The zero-order valence-corrected chi connectivity index (χ0v) is 31.4. The Morgan fingerprint density at radius 1 is 0.750 bits per heavy atom. The second-order valence-electron chi connectivity index (χ2n) is 14.8. The van der Waals surface area contributed by atoms with E-state index >= 15 is 0 Å². The van der Waals surface area contributed by atoms with Crippen molar-refractivity contribution in [3.05, 3.63) is 29.8 Å². The molecule has 21 heteroatoms. The molecular weight excluding hydrogens is 750 g/mol. The molecular formula is C35H55N3O18. The van der Waals surface area contributed by atoms with Crippen LogP contribution in [-0.4, -0.2) is 197 Å². The highest BCUT2D eigenvalue weighted by Gasteiger charge is 2.55. The van der Waals surface area contributed by atoms with E-state index in [1.54, 1.807) is 24.3 Å². The van der Waals surface area contributed by atoms with Crippen LogP contribution in [0.3, 0.4) is 0 Å². The van der Waals surface area contributed by atoms with Crippen molar-refractivity contribution < 1.29 is 88.3 Å². The van der Waals surface area contributed by atoms with Gasteiger partial charge in [-0.1, -0.05) is 26.0 Å². The van der Waals surface area contributed by atoms with Crippen LogP contribution in [0.5, 0.6) is 5.75 Å². The standard InChI is InChI=1S/C35H55N3O18/c1-35(2)19(37-31(48)30(35)38-20(42)10-36)9-14-5-7-15(8-6-14)51-32-24(46)22(44)27(17(12-40)53-32)56-34-29(50-4)25(47)28(18(13-41)54-34)55-33-23(45)21(43)26(49-3)16(11-39)52-33/h5-8,16-19,21-30,32-34,39-41,43-47H,9-13,36H2,1-4H3,(H,37,48)(H,38,42). The molecule has 4 aliphatic rings. The zero-order chi connectivity index (χ0) is 41.1. The first-order valence-corrected chi connectivity index (χ1v) is 18.2. The second kappa shape index (κ2) is 18.9. The summed E-state index contributed by atoms with van der Waals surface area (Å²) in [6, 6.07) is 5.58. The van der Waals surface area contributed by atoms with Gasteiger partial charge in [0, 0.05) is 25.7 Å². The Morgan fingerprint density at radius 3 is 1.82 bits per heavy atom. The number of nitrogens with one attached hydrogen (secondary N) is 2. The highest BCUT2D eigenvalue weighted by atomic mass is 16.8. The van der Waals surface area contributed by atoms with Gasteiger partial charge in [0.05, 0.1) is 26.4 Å². The molecule has 0 aliphatic carbocycles. The third-order valence-corrected chi connectivity index (χ3v) is 10.9. The Labute approximate surface area is 322 Å². The van der Waals surface area contributed by atoms with Crippen molar-refractivity contribution in [3.63, 3.8) is 0 Å². The van der Waals surface area contributed by atoms with Crippen LogP contribution < -0.4 is 21.1 Å². The number of hydrogen-bond donors (Lipinski definition) is 11. The van der Waals surface area contributed by atoms with E-state index in [9.17, 15) is 50.4 Å². The number of ether oxygens (including phenoxy) is 8. The fourth-order valence-corrected chi connectivity index (χ4v) is 7.49. The van der Waals surface area contributed by atoms with Gasteiger partial charge in [-0.2, -0.15) is 0 Å². The Bertz CT molecular complexity index is 1440. The van der Waals surface area contributed by atoms with Crippen LogP contribution >= 0.6 is 0 Å². The molecule has 1 aromatic carbocycles. The third kappa shape index (κ3) is 9.13. The third-order valence-electron chi connectivity index (χ3n) is 10.9. The normalized spacial score (nSPS) is 41.2. The fraction of sp³-hybridized carbons (Fsp3) is 0.771. The number of carbonyl (C=O) groups excluding carboxylic acids is 2. The summed E-state index contributed by atoms with van der Waals surface area (Å²) >= 11 is 0. The number of methoxy groups -OCH3 is 2. The van der Waals surface area contributed by atoms with Crippen LogP contribution in [-0.2, 0) is 49.2 Å². The van der Waals surface area contributed by atoms with Gasteiger partial charge in [0.2, 0.25) is 18.1 Å². The SMILES string of the molecule is COC1C(CO)OC(OC2C(CO)OC(OC3C(CO)OC(Oc4ccc(CC5NC(=O)C(NC(=O)CN)C5(C)C)cc4)C(O)C3O)C(OC)C2O)C(O)C1O. The van der Waals surface area contributed by atoms with Gasteiger partial charge >= 0.3 is 0 Å². The van der Waals surface area contributed by atoms with Gasteiger partial charge in [0.15, 0.2) is 12.6 Å². The lowest BCUT2D eigenvalue weighted by Gasteiger charge is -2.49. The second-order valence-corrected chi connectivity index (χ2v) is 14.8. The predicted octanol–water partition coefficient (Wildman–Crippen LogP) is -5.67. The minimum Gasteiger partial charge on any atom is -0.462 e. The molecule has 12 N–H and O–H groups in total. The first kappa shape index (κ1) is 44.4. The molecule has 318 valence electrons. The van der Waals surface area contributed by atoms with Crippen LogP contribution in [0.4, 0.5) is 0 Å². The van der Waals surface area contributed by atoms with E-state index in [2.05, 4.69) is 10.6 Å². The number of nitrogens with two attached hydrogens (primary N) is 1. The number of rotatable bonds is 15. The molecule has 0 aromatic heterocycles. The van der Waals surface area contributed by atoms with Crippen molar-refractivity contribution in [2.75, 3.05) is 40.6 Å². The number of hydrogen-bond acceptors (Lipinski definition) is 19. The van der Waals surface area contributed by atoms with Gasteiger partial charge in [0.25, 0.3) is 0 Å². The predicted molar refractivity (Wildman–Crippen MR) is 186 cm³/mol. The molecule has 2 amide bonds. The minimum atomic E-state index is -1.75. The summed E-state index contributed by atoms with van der Waals surface area (Å²) < 4.78 is 45.4. The first-order valence-electron chi connectivity index (χ1n) is 18.2. The van der Waals surface area contributed by atoms with Crippen LogP contribution in [0.2, 0.25) is 0 Å². The van der Waals surface area contributed by atoms with Crippen molar-refractivity contribution in [1.29, 1.82) is 0 Å². The van der Waals surface area contributed by atoms with Gasteiger partial charge in [-0.25, -0.2) is 0 Å². The summed E-state index contributed by atoms with van der Waals surface area (Å²) in [5.41, 5.74) is 5.59. The average Bonchev–Trinajstić information content (AvgIpc) is 3.39. The fourth-order valence-electron chi connectivity index (χ4n) is 7.49. The number of aliphatic hydroxyl groups excluding tert-OH is 8. The smallest absolute Gasteiger partial charge is 0.243 e. The maximum Gasteiger partial charge on any atom is 0.243 e. The molecule has 0 bridgehead atoms. The number of amides is 2. The van der Waals surface area contributed by atoms with E-state index in [4.69, 9.17) is 43.6 Å². The summed E-state index contributed by atoms with van der Waals surface area (Å²) in [7, 11) is 2.46. The van der Waals surface area contributed by atoms with Crippen LogP contribution in [0.1, 0.15) is 19.4 Å². The summed E-state index contributed by atoms with van der Waals surface area (Å²) in [4.78, 5) is 24.5. The highest BCUT2D eigenvalue weighted by Crippen LogP contribution is 2.36. The van der Waals surface area contributed by atoms with E-state index < -0.39 is 129 Å². The molecule has 56 heavy (non-hydrogen) atoms. The Hall–Kier alpha value is -2.68. The molecule has 0 radical (unpaired) electrons. The van der Waals surface area contributed by atoms with Gasteiger partial charge in [0.1, 0.15) is 85.0 Å². The zero-order valence-electron chi connectivity index (χ0n) is 31.4. The van der Waals surface area contributed by atoms with Crippen molar-refractivity contribution >= 4 is 11.8 Å². The van der Waals surface area contributed by atoms with E-state index in [0.29, 0.717) is 6.42 Å². The van der Waals surface area contributed by atoms with E-state index in [-0.39, 0.29) is 24.2 Å². The molecule has 17 unspecified atom stereocenters. The quantitative estimate of drug-likeness (QED) is 0.0787. The topological polar surface area (TPSA) is 320 Å². The lowest BCUT2D eigenvalue weighted by molar-refractivity contribution is -0.378. The summed E-state index contributed by atoms with van der Waals surface area (Å²) in [5.74, 6) is -0.517. The molecule has 21 nitrogen and oxygen atoms in total. The molecule has 17 atom stereocenters. The molecule has 4 aliphatic heterocycles. The molecule has 1 aromatic rings. The Balaban J connectivity index is 1.21. The monoisotopic (exact) mass is 805 g/mol. The molecule has 5 rings (SSSR count). The number of benzene rings is 1. The lowest BCUT2D eigenvalue weighted by Crippen LogP contribution is -2.67. The molecule has 4 saturated heterocycles. The number of carbonyl (C=O) groups is 2. The largest absolute Gasteiger partial charge is 0.462 e. The average molecular weight is 806 g/mol. The Kier molecular flexibility index (Phi) is 15.0. The van der Waals surface area contributed by atoms with E-state index in [1.165, 1.54) is 14.2 Å². The maximum absolute atomic E-state index is 12.6. The summed E-state index contributed by atoms with van der Waals surface area (Å²) in [5, 5.41) is 90.5. The van der Waals surface area contributed by atoms with Gasteiger partial charge < -0.3 is 95.1 Å². The lowest BCUT2D eigenvalue weighted by atomic mass is 9.78. The van der Waals surface area contributed by atoms with E-state index in [0.717, 1.165) is 5.56 Å². The highest BCUT2D eigenvalue weighted by molar-refractivity contribution is 5.91. The molecule has 4 heterocycles. The van der Waals surface area contributed by atoms with Crippen molar-refractivity contribution in [2.45, 2.75) is 124 Å². The number of aliphatic hydroxyl groups is 8. The van der Waals surface area contributed by atoms with Crippen LogP contribution in [0.15, 0.2) is 24.3 Å². The minimum absolute atomic E-state index is 0.238. The van der Waals surface area contributed by atoms with Crippen molar-refractivity contribution in [1.82, 2.24) is 10.6 Å². The van der Waals surface area contributed by atoms with Crippen molar-refractivity contribution in [2.24, 2.45) is 11.1 Å².